The summed E-state index contributed by atoms with van der Waals surface area (Å²) >= 11 is 0. The standard InChI is InChI=1S/C23H30N6O4/c24-20-19(21(31)27-23(33)29(20)15-17-9-5-2-6-10-17)28(14-12-18(30)26-22(25)32)13-11-16-7-3-1-4-8-16/h2,5-7,9-10H,1,3-4,8,11-15,24H2,(H,27,31,33)(H3,25,26,30,32). The summed E-state index contributed by atoms with van der Waals surface area (Å²) in [5.74, 6) is -0.530. The Labute approximate surface area is 191 Å². The summed E-state index contributed by atoms with van der Waals surface area (Å²) < 4.78 is 1.31. The van der Waals surface area contributed by atoms with Gasteiger partial charge in [0.25, 0.3) is 5.56 Å². The third-order valence-corrected chi connectivity index (χ3v) is 5.67. The van der Waals surface area contributed by atoms with Crippen LogP contribution in [0.2, 0.25) is 0 Å². The number of H-pyrrole nitrogens is 1. The van der Waals surface area contributed by atoms with E-state index in [1.54, 1.807) is 4.90 Å². The minimum Gasteiger partial charge on any atom is -0.383 e. The molecule has 10 heteroatoms. The number of primary amides is 1. The average Bonchev–Trinajstić information content (AvgIpc) is 2.79. The lowest BCUT2D eigenvalue weighted by atomic mass is 9.97. The lowest BCUT2D eigenvalue weighted by Crippen LogP contribution is -2.41. The molecule has 176 valence electrons. The van der Waals surface area contributed by atoms with Gasteiger partial charge in [-0.3, -0.25) is 24.5 Å². The van der Waals surface area contributed by atoms with Crippen molar-refractivity contribution < 1.29 is 9.59 Å². The predicted molar refractivity (Wildman–Crippen MR) is 127 cm³/mol. The fourth-order valence-corrected chi connectivity index (χ4v) is 3.99. The van der Waals surface area contributed by atoms with Gasteiger partial charge in [0.15, 0.2) is 0 Å². The van der Waals surface area contributed by atoms with Crippen molar-refractivity contribution in [3.63, 3.8) is 0 Å². The number of amides is 3. The fourth-order valence-electron chi connectivity index (χ4n) is 3.99. The molecule has 2 aromatic rings. The summed E-state index contributed by atoms with van der Waals surface area (Å²) in [6.45, 7) is 0.756. The minimum atomic E-state index is -0.937. The third kappa shape index (κ3) is 6.58. The number of allylic oxidation sites excluding steroid dienone is 1. The molecule has 1 heterocycles. The summed E-state index contributed by atoms with van der Waals surface area (Å²) in [6, 6.07) is 8.35. The summed E-state index contributed by atoms with van der Waals surface area (Å²) in [7, 11) is 0. The maximum atomic E-state index is 12.8. The summed E-state index contributed by atoms with van der Waals surface area (Å²) in [4.78, 5) is 52.3. The van der Waals surface area contributed by atoms with Crippen LogP contribution < -0.4 is 32.9 Å². The van der Waals surface area contributed by atoms with Gasteiger partial charge in [-0.05, 0) is 37.7 Å². The number of nitrogens with zero attached hydrogens (tertiary/aromatic N) is 2. The zero-order valence-electron chi connectivity index (χ0n) is 18.5. The number of nitrogens with one attached hydrogen (secondary N) is 2. The highest BCUT2D eigenvalue weighted by Gasteiger charge is 2.21. The number of nitrogen functional groups attached to an aromatic ring is 1. The average molecular weight is 455 g/mol. The number of rotatable bonds is 9. The van der Waals surface area contributed by atoms with Gasteiger partial charge in [-0.2, -0.15) is 0 Å². The molecule has 0 aliphatic heterocycles. The molecule has 0 radical (unpaired) electrons. The Balaban J connectivity index is 1.91. The van der Waals surface area contributed by atoms with Gasteiger partial charge in [-0.25, -0.2) is 9.59 Å². The van der Waals surface area contributed by atoms with E-state index in [0.717, 1.165) is 31.2 Å². The Kier molecular flexibility index (Phi) is 8.06. The molecule has 0 saturated carbocycles. The predicted octanol–water partition coefficient (Wildman–Crippen LogP) is 1.45. The number of benzene rings is 1. The molecule has 0 spiro atoms. The van der Waals surface area contributed by atoms with Crippen LogP contribution in [0.5, 0.6) is 0 Å². The zero-order valence-corrected chi connectivity index (χ0v) is 18.5. The van der Waals surface area contributed by atoms with E-state index in [4.69, 9.17) is 11.5 Å². The highest BCUT2D eigenvalue weighted by molar-refractivity contribution is 5.93. The number of carbonyl (C=O) groups excluding carboxylic acids is 2. The molecular formula is C23H30N6O4. The second-order valence-electron chi connectivity index (χ2n) is 8.07. The minimum absolute atomic E-state index is 0.0283. The molecule has 0 saturated heterocycles. The Morgan fingerprint density at radius 1 is 1.12 bits per heavy atom. The van der Waals surface area contributed by atoms with Crippen molar-refractivity contribution in [3.8, 4) is 0 Å². The van der Waals surface area contributed by atoms with Crippen LogP contribution >= 0.6 is 0 Å². The normalized spacial score (nSPS) is 13.3. The number of hydrogen-bond donors (Lipinski definition) is 4. The van der Waals surface area contributed by atoms with Crippen molar-refractivity contribution >= 4 is 23.4 Å². The van der Waals surface area contributed by atoms with Crippen molar-refractivity contribution in [3.05, 3.63) is 68.4 Å². The number of urea groups is 1. The molecule has 1 aromatic carbocycles. The SMILES string of the molecule is NC(=O)NC(=O)CCN(CCC1=CCCCC1)c1c(N)n(Cc2ccccc2)c(=O)[nH]c1=O. The van der Waals surface area contributed by atoms with E-state index in [1.165, 1.54) is 10.1 Å². The van der Waals surface area contributed by atoms with E-state index in [1.807, 2.05) is 35.6 Å². The van der Waals surface area contributed by atoms with E-state index >= 15 is 0 Å². The van der Waals surface area contributed by atoms with Crippen LogP contribution in [0.3, 0.4) is 0 Å². The van der Waals surface area contributed by atoms with Gasteiger partial charge in [0.1, 0.15) is 11.5 Å². The highest BCUT2D eigenvalue weighted by Crippen LogP contribution is 2.23. The molecule has 1 aliphatic rings. The topological polar surface area (TPSA) is 156 Å². The Bertz CT molecular complexity index is 1140. The lowest BCUT2D eigenvalue weighted by molar-refractivity contribution is -0.119. The van der Waals surface area contributed by atoms with Crippen LogP contribution in [0.1, 0.15) is 44.1 Å². The van der Waals surface area contributed by atoms with Gasteiger partial charge < -0.3 is 16.4 Å². The van der Waals surface area contributed by atoms with Crippen molar-refractivity contribution in [2.45, 2.75) is 45.1 Å². The Morgan fingerprint density at radius 3 is 2.55 bits per heavy atom. The molecule has 3 amide bonds. The molecule has 0 bridgehead atoms. The molecule has 1 aliphatic carbocycles. The van der Waals surface area contributed by atoms with E-state index in [9.17, 15) is 19.2 Å². The largest absolute Gasteiger partial charge is 0.383 e. The maximum absolute atomic E-state index is 12.8. The number of imide groups is 1. The Morgan fingerprint density at radius 2 is 1.88 bits per heavy atom. The van der Waals surface area contributed by atoms with Gasteiger partial charge in [-0.15, -0.1) is 0 Å². The zero-order chi connectivity index (χ0) is 23.8. The molecule has 1 aromatic heterocycles. The van der Waals surface area contributed by atoms with Crippen molar-refractivity contribution in [2.75, 3.05) is 23.7 Å². The molecular weight excluding hydrogens is 424 g/mol. The molecule has 10 nitrogen and oxygen atoms in total. The summed E-state index contributed by atoms with van der Waals surface area (Å²) in [5.41, 5.74) is 12.4. The van der Waals surface area contributed by atoms with Crippen LogP contribution in [-0.2, 0) is 11.3 Å². The van der Waals surface area contributed by atoms with Crippen LogP contribution in [0.25, 0.3) is 0 Å². The van der Waals surface area contributed by atoms with Gasteiger partial charge in [-0.1, -0.05) is 42.0 Å². The summed E-state index contributed by atoms with van der Waals surface area (Å²) in [5, 5.41) is 2.03. The van der Waals surface area contributed by atoms with Crippen molar-refractivity contribution in [1.82, 2.24) is 14.9 Å². The smallest absolute Gasteiger partial charge is 0.330 e. The van der Waals surface area contributed by atoms with Crippen LogP contribution in [-0.4, -0.2) is 34.6 Å². The first kappa shape index (κ1) is 23.8. The number of carbonyl (C=O) groups is 2. The first-order chi connectivity index (χ1) is 15.8. The first-order valence-corrected chi connectivity index (χ1v) is 11.0. The molecule has 0 fully saturated rings. The fraction of sp³-hybridized carbons (Fsp3) is 0.391. The second kappa shape index (κ2) is 11.2. The van der Waals surface area contributed by atoms with Gasteiger partial charge >= 0.3 is 11.7 Å². The summed E-state index contributed by atoms with van der Waals surface area (Å²) in [6.07, 6.45) is 7.16. The quantitative estimate of drug-likeness (QED) is 0.420. The number of nitrogens with two attached hydrogens (primary N) is 2. The van der Waals surface area contributed by atoms with Crippen LogP contribution in [0, 0.1) is 0 Å². The van der Waals surface area contributed by atoms with E-state index in [2.05, 4.69) is 11.1 Å². The lowest BCUT2D eigenvalue weighted by Gasteiger charge is -2.27. The Hall–Kier alpha value is -3.82. The highest BCUT2D eigenvalue weighted by atomic mass is 16.2. The number of aromatic nitrogens is 2. The van der Waals surface area contributed by atoms with E-state index in [0.29, 0.717) is 13.0 Å². The van der Waals surface area contributed by atoms with Crippen molar-refractivity contribution in [2.24, 2.45) is 5.73 Å². The molecule has 0 atom stereocenters. The molecule has 3 rings (SSSR count). The van der Waals surface area contributed by atoms with Gasteiger partial charge in [0, 0.05) is 19.5 Å². The number of anilines is 2. The monoisotopic (exact) mass is 454 g/mol. The van der Waals surface area contributed by atoms with Crippen molar-refractivity contribution in [1.29, 1.82) is 0 Å². The molecule has 33 heavy (non-hydrogen) atoms. The molecule has 0 unspecified atom stereocenters. The first-order valence-electron chi connectivity index (χ1n) is 11.0. The van der Waals surface area contributed by atoms with Crippen LogP contribution in [0.15, 0.2) is 51.6 Å². The third-order valence-electron chi connectivity index (χ3n) is 5.67. The van der Waals surface area contributed by atoms with E-state index < -0.39 is 23.2 Å². The maximum Gasteiger partial charge on any atom is 0.330 e. The molecule has 6 N–H and O–H groups in total. The van der Waals surface area contributed by atoms with E-state index in [-0.39, 0.29) is 31.0 Å². The van der Waals surface area contributed by atoms with Gasteiger partial charge in [0.05, 0.1) is 6.54 Å². The van der Waals surface area contributed by atoms with Crippen LogP contribution in [0.4, 0.5) is 16.3 Å². The second-order valence-corrected chi connectivity index (χ2v) is 8.07. The number of aromatic amines is 1. The number of hydrogen-bond acceptors (Lipinski definition) is 6. The van der Waals surface area contributed by atoms with Gasteiger partial charge in [0.2, 0.25) is 5.91 Å².